The van der Waals surface area contributed by atoms with E-state index in [1.807, 2.05) is 49.4 Å². The van der Waals surface area contributed by atoms with Crippen LogP contribution in [0.1, 0.15) is 11.1 Å². The summed E-state index contributed by atoms with van der Waals surface area (Å²) in [4.78, 5) is 26.2. The minimum Gasteiger partial charge on any atom is -0.340 e. The molecule has 144 valence electrons. The van der Waals surface area contributed by atoms with Crippen molar-refractivity contribution in [1.82, 2.24) is 4.90 Å². The van der Waals surface area contributed by atoms with Crippen molar-refractivity contribution >= 4 is 29.3 Å². The van der Waals surface area contributed by atoms with E-state index in [4.69, 9.17) is 5.73 Å². The zero-order valence-electron chi connectivity index (χ0n) is 15.7. The van der Waals surface area contributed by atoms with Crippen LogP contribution in [-0.2, 0) is 16.0 Å². The van der Waals surface area contributed by atoms with Crippen molar-refractivity contribution in [3.05, 3.63) is 65.7 Å². The Morgan fingerprint density at radius 1 is 1.00 bits per heavy atom. The van der Waals surface area contributed by atoms with Gasteiger partial charge in [-0.25, -0.2) is 0 Å². The molecular weight excluding hydrogens is 358 g/mol. The van der Waals surface area contributed by atoms with E-state index in [0.29, 0.717) is 19.6 Å². The number of amides is 2. The number of hydrogen-bond donors (Lipinski definition) is 2. The Hall–Kier alpha value is -2.31. The van der Waals surface area contributed by atoms with Crippen molar-refractivity contribution in [3.8, 4) is 0 Å². The topological polar surface area (TPSA) is 75.4 Å². The molecule has 0 atom stereocenters. The summed E-state index contributed by atoms with van der Waals surface area (Å²) >= 11 is 1.32. The van der Waals surface area contributed by atoms with Gasteiger partial charge in [0.15, 0.2) is 0 Å². The highest BCUT2D eigenvalue weighted by Crippen LogP contribution is 2.10. The fourth-order valence-electron chi connectivity index (χ4n) is 2.58. The number of hydrogen-bond acceptors (Lipinski definition) is 4. The van der Waals surface area contributed by atoms with E-state index in [1.54, 1.807) is 4.90 Å². The van der Waals surface area contributed by atoms with E-state index in [9.17, 15) is 9.59 Å². The van der Waals surface area contributed by atoms with Gasteiger partial charge in [-0.3, -0.25) is 9.59 Å². The molecule has 2 amide bonds. The molecule has 5 nitrogen and oxygen atoms in total. The van der Waals surface area contributed by atoms with Crippen LogP contribution >= 0.6 is 11.8 Å². The van der Waals surface area contributed by atoms with Crippen LogP contribution in [0, 0.1) is 6.92 Å². The molecule has 27 heavy (non-hydrogen) atoms. The van der Waals surface area contributed by atoms with Gasteiger partial charge in [0.05, 0.1) is 11.5 Å². The second-order valence-corrected chi connectivity index (χ2v) is 7.30. The number of rotatable bonds is 10. The number of carbonyl (C=O) groups excluding carboxylic acids is 2. The molecule has 6 heteroatoms. The number of benzene rings is 2. The molecule has 0 aromatic heterocycles. The van der Waals surface area contributed by atoms with Gasteiger partial charge in [-0.1, -0.05) is 48.0 Å². The smallest absolute Gasteiger partial charge is 0.234 e. The lowest BCUT2D eigenvalue weighted by Crippen LogP contribution is -2.38. The molecule has 2 aromatic carbocycles. The Bertz CT molecular complexity index is 720. The average Bonchev–Trinajstić information content (AvgIpc) is 2.67. The highest BCUT2D eigenvalue weighted by molar-refractivity contribution is 8.00. The first-order valence-corrected chi connectivity index (χ1v) is 10.2. The Balaban J connectivity index is 1.74. The van der Waals surface area contributed by atoms with Crippen LogP contribution in [-0.4, -0.2) is 47.9 Å². The van der Waals surface area contributed by atoms with E-state index >= 15 is 0 Å². The summed E-state index contributed by atoms with van der Waals surface area (Å²) in [5.74, 6) is 0.432. The molecule has 0 saturated heterocycles. The van der Waals surface area contributed by atoms with E-state index in [-0.39, 0.29) is 23.3 Å². The second-order valence-electron chi connectivity index (χ2n) is 6.31. The van der Waals surface area contributed by atoms with Crippen molar-refractivity contribution in [1.29, 1.82) is 0 Å². The van der Waals surface area contributed by atoms with Gasteiger partial charge >= 0.3 is 0 Å². The van der Waals surface area contributed by atoms with Gasteiger partial charge in [-0.2, -0.15) is 0 Å². The van der Waals surface area contributed by atoms with Crippen molar-refractivity contribution in [2.24, 2.45) is 5.73 Å². The Labute approximate surface area is 165 Å². The summed E-state index contributed by atoms with van der Waals surface area (Å²) in [7, 11) is 0. The third kappa shape index (κ3) is 7.85. The maximum atomic E-state index is 12.4. The van der Waals surface area contributed by atoms with Crippen LogP contribution in [0.25, 0.3) is 0 Å². The summed E-state index contributed by atoms with van der Waals surface area (Å²) in [6.45, 7) is 3.59. The fraction of sp³-hybridized carbons (Fsp3) is 0.333. The van der Waals surface area contributed by atoms with Crippen LogP contribution in [0.2, 0.25) is 0 Å². The number of aryl methyl sites for hydroxylation is 1. The van der Waals surface area contributed by atoms with Crippen molar-refractivity contribution < 1.29 is 9.59 Å². The van der Waals surface area contributed by atoms with Gasteiger partial charge in [-0.05, 0) is 31.0 Å². The molecular formula is C21H27N3O2S. The molecule has 0 saturated carbocycles. The predicted octanol–water partition coefficient (Wildman–Crippen LogP) is 2.70. The Kier molecular flexibility index (Phi) is 8.87. The standard InChI is InChI=1S/C21H27N3O2S/c1-17-7-9-19(10-8-17)23-20(25)15-27-16-21(26)24(14-12-22)13-11-18-5-3-2-4-6-18/h2-10H,11-16,22H2,1H3,(H,23,25). The number of nitrogens with zero attached hydrogens (tertiary/aromatic N) is 1. The first-order chi connectivity index (χ1) is 13.1. The predicted molar refractivity (Wildman–Crippen MR) is 113 cm³/mol. The van der Waals surface area contributed by atoms with Gasteiger partial charge in [0, 0.05) is 25.3 Å². The number of nitrogens with two attached hydrogens (primary N) is 1. The third-order valence-electron chi connectivity index (χ3n) is 4.06. The molecule has 0 unspecified atom stereocenters. The molecule has 2 rings (SSSR count). The molecule has 0 heterocycles. The van der Waals surface area contributed by atoms with E-state index in [2.05, 4.69) is 17.4 Å². The van der Waals surface area contributed by atoms with E-state index in [1.165, 1.54) is 17.3 Å². The highest BCUT2D eigenvalue weighted by Gasteiger charge is 2.14. The van der Waals surface area contributed by atoms with Gasteiger partial charge in [0.1, 0.15) is 0 Å². The van der Waals surface area contributed by atoms with Crippen molar-refractivity contribution in [3.63, 3.8) is 0 Å². The summed E-state index contributed by atoms with van der Waals surface area (Å²) in [6.07, 6.45) is 0.797. The molecule has 0 bridgehead atoms. The van der Waals surface area contributed by atoms with E-state index < -0.39 is 0 Å². The summed E-state index contributed by atoms with van der Waals surface area (Å²) in [6, 6.07) is 17.7. The first kappa shape index (κ1) is 21.0. The zero-order valence-corrected chi connectivity index (χ0v) is 16.5. The monoisotopic (exact) mass is 385 g/mol. The summed E-state index contributed by atoms with van der Waals surface area (Å²) in [5, 5.41) is 2.84. The minimum absolute atomic E-state index is 0.0181. The maximum absolute atomic E-state index is 12.4. The molecule has 0 aliphatic heterocycles. The molecule has 0 radical (unpaired) electrons. The van der Waals surface area contributed by atoms with Gasteiger partial charge in [0.25, 0.3) is 0 Å². The first-order valence-electron chi connectivity index (χ1n) is 9.04. The lowest BCUT2D eigenvalue weighted by molar-refractivity contribution is -0.128. The van der Waals surface area contributed by atoms with Gasteiger partial charge in [-0.15, -0.1) is 11.8 Å². The van der Waals surface area contributed by atoms with Crippen LogP contribution < -0.4 is 11.1 Å². The summed E-state index contributed by atoms with van der Waals surface area (Å²) in [5.41, 5.74) is 8.75. The lowest BCUT2D eigenvalue weighted by Gasteiger charge is -2.22. The molecule has 2 aromatic rings. The number of anilines is 1. The summed E-state index contributed by atoms with van der Waals surface area (Å²) < 4.78 is 0. The molecule has 3 N–H and O–H groups in total. The zero-order chi connectivity index (χ0) is 19.5. The molecule has 0 spiro atoms. The van der Waals surface area contributed by atoms with Crippen LogP contribution in [0.3, 0.4) is 0 Å². The molecule has 0 fully saturated rings. The van der Waals surface area contributed by atoms with Crippen LogP contribution in [0.4, 0.5) is 5.69 Å². The third-order valence-corrected chi connectivity index (χ3v) is 4.98. The number of thioether (sulfide) groups is 1. The molecule has 0 aliphatic carbocycles. The molecule has 0 aliphatic rings. The van der Waals surface area contributed by atoms with Crippen molar-refractivity contribution in [2.45, 2.75) is 13.3 Å². The fourth-order valence-corrected chi connectivity index (χ4v) is 3.30. The number of carbonyl (C=O) groups is 2. The number of nitrogens with one attached hydrogen (secondary N) is 1. The maximum Gasteiger partial charge on any atom is 0.234 e. The normalized spacial score (nSPS) is 10.4. The minimum atomic E-state index is -0.105. The Morgan fingerprint density at radius 2 is 1.70 bits per heavy atom. The largest absolute Gasteiger partial charge is 0.340 e. The Morgan fingerprint density at radius 3 is 2.37 bits per heavy atom. The van der Waals surface area contributed by atoms with Gasteiger partial charge < -0.3 is 16.0 Å². The van der Waals surface area contributed by atoms with Gasteiger partial charge in [0.2, 0.25) is 11.8 Å². The van der Waals surface area contributed by atoms with Crippen LogP contribution in [0.5, 0.6) is 0 Å². The lowest BCUT2D eigenvalue weighted by atomic mass is 10.1. The second kappa shape index (κ2) is 11.4. The highest BCUT2D eigenvalue weighted by atomic mass is 32.2. The SMILES string of the molecule is Cc1ccc(NC(=O)CSCC(=O)N(CCN)CCc2ccccc2)cc1. The van der Waals surface area contributed by atoms with E-state index in [0.717, 1.165) is 17.7 Å². The van der Waals surface area contributed by atoms with Crippen molar-refractivity contribution in [2.75, 3.05) is 36.5 Å². The quantitative estimate of drug-likeness (QED) is 0.659. The average molecular weight is 386 g/mol. The van der Waals surface area contributed by atoms with Crippen LogP contribution in [0.15, 0.2) is 54.6 Å².